The van der Waals surface area contributed by atoms with Crippen molar-refractivity contribution in [2.45, 2.75) is 24.8 Å². The number of rotatable bonds is 8. The van der Waals surface area contributed by atoms with Gasteiger partial charge in [-0.2, -0.15) is 0 Å². The second-order valence-corrected chi connectivity index (χ2v) is 9.48. The molecular formula is C24H25ClN2O5S. The highest BCUT2D eigenvalue weighted by Gasteiger charge is 2.22. The third-order valence-electron chi connectivity index (χ3n) is 5.04. The van der Waals surface area contributed by atoms with Crippen LogP contribution in [0.1, 0.15) is 34.5 Å². The lowest BCUT2D eigenvalue weighted by atomic mass is 10.1. The second-order valence-electron chi connectivity index (χ2n) is 7.42. The molecule has 3 aromatic carbocycles. The molecule has 33 heavy (non-hydrogen) atoms. The van der Waals surface area contributed by atoms with E-state index in [1.165, 1.54) is 25.3 Å². The first-order valence-corrected chi connectivity index (χ1v) is 11.9. The monoisotopic (exact) mass is 488 g/mol. The van der Waals surface area contributed by atoms with E-state index in [1.807, 2.05) is 6.92 Å². The fourth-order valence-corrected chi connectivity index (χ4v) is 4.80. The number of halogens is 1. The second kappa shape index (κ2) is 10.1. The minimum Gasteiger partial charge on any atom is -0.497 e. The van der Waals surface area contributed by atoms with Crippen LogP contribution in [0.2, 0.25) is 5.02 Å². The summed E-state index contributed by atoms with van der Waals surface area (Å²) >= 11 is 6.17. The number of amides is 1. The number of hydrogen-bond donors (Lipinski definition) is 2. The Hall–Kier alpha value is -3.23. The van der Waals surface area contributed by atoms with Gasteiger partial charge in [0.15, 0.2) is 0 Å². The van der Waals surface area contributed by atoms with E-state index in [0.717, 1.165) is 5.56 Å². The molecule has 0 aliphatic heterocycles. The first kappa shape index (κ1) is 24.4. The number of carbonyl (C=O) groups is 1. The van der Waals surface area contributed by atoms with Crippen LogP contribution in [-0.2, 0) is 10.0 Å². The van der Waals surface area contributed by atoms with Crippen LogP contribution in [0, 0.1) is 6.92 Å². The quantitative estimate of drug-likeness (QED) is 0.467. The molecule has 174 valence electrons. The van der Waals surface area contributed by atoms with Gasteiger partial charge in [-0.1, -0.05) is 29.3 Å². The zero-order valence-corrected chi connectivity index (χ0v) is 20.3. The molecule has 0 heterocycles. The average molecular weight is 489 g/mol. The van der Waals surface area contributed by atoms with E-state index < -0.39 is 22.0 Å². The zero-order chi connectivity index (χ0) is 24.2. The van der Waals surface area contributed by atoms with E-state index in [2.05, 4.69) is 10.0 Å². The summed E-state index contributed by atoms with van der Waals surface area (Å²) in [6.07, 6.45) is 0. The number of sulfonamides is 1. The zero-order valence-electron chi connectivity index (χ0n) is 18.7. The normalized spacial score (nSPS) is 12.0. The van der Waals surface area contributed by atoms with E-state index in [1.54, 1.807) is 56.5 Å². The average Bonchev–Trinajstić information content (AvgIpc) is 2.80. The van der Waals surface area contributed by atoms with Crippen molar-refractivity contribution in [3.05, 3.63) is 82.4 Å². The van der Waals surface area contributed by atoms with Gasteiger partial charge in [0.2, 0.25) is 0 Å². The molecular weight excluding hydrogens is 464 g/mol. The fourth-order valence-electron chi connectivity index (χ4n) is 3.22. The summed E-state index contributed by atoms with van der Waals surface area (Å²) in [4.78, 5) is 12.7. The summed E-state index contributed by atoms with van der Waals surface area (Å²) in [6.45, 7) is 3.70. The summed E-state index contributed by atoms with van der Waals surface area (Å²) in [5.41, 5.74) is 2.26. The topological polar surface area (TPSA) is 93.7 Å². The third-order valence-corrected chi connectivity index (χ3v) is 6.90. The molecule has 3 rings (SSSR count). The molecule has 2 N–H and O–H groups in total. The summed E-state index contributed by atoms with van der Waals surface area (Å²) in [5.74, 6) is 0.745. The molecule has 1 unspecified atom stereocenters. The molecule has 7 nitrogen and oxygen atoms in total. The Morgan fingerprint density at radius 2 is 1.67 bits per heavy atom. The minimum absolute atomic E-state index is 0.00803. The van der Waals surface area contributed by atoms with Gasteiger partial charge in [0, 0.05) is 16.8 Å². The van der Waals surface area contributed by atoms with Gasteiger partial charge >= 0.3 is 0 Å². The number of ether oxygens (including phenoxy) is 2. The Kier molecular flexibility index (Phi) is 7.50. The van der Waals surface area contributed by atoms with Gasteiger partial charge < -0.3 is 14.8 Å². The van der Waals surface area contributed by atoms with Gasteiger partial charge in [-0.15, -0.1) is 0 Å². The molecule has 3 aromatic rings. The van der Waals surface area contributed by atoms with Gasteiger partial charge in [-0.05, 0) is 62.4 Å². The fraction of sp³-hybridized carbons (Fsp3) is 0.208. The number of anilines is 1. The summed E-state index contributed by atoms with van der Waals surface area (Å²) in [7, 11) is -0.922. The maximum atomic E-state index is 12.9. The van der Waals surface area contributed by atoms with Crippen LogP contribution in [0.25, 0.3) is 0 Å². The predicted octanol–water partition coefficient (Wildman–Crippen LogP) is 4.96. The Balaban J connectivity index is 1.85. The highest BCUT2D eigenvalue weighted by molar-refractivity contribution is 7.92. The lowest BCUT2D eigenvalue weighted by Crippen LogP contribution is -2.27. The van der Waals surface area contributed by atoms with Crippen LogP contribution in [0.15, 0.2) is 65.6 Å². The number of carbonyl (C=O) groups excluding carboxylic acids is 1. The van der Waals surface area contributed by atoms with E-state index in [0.29, 0.717) is 22.7 Å². The SMILES string of the molecule is COc1ccc(OC)c(C(C)NC(=O)c2ccc(Cl)c(S(=O)(=O)Nc3ccc(C)cc3)c2)c1. The van der Waals surface area contributed by atoms with Crippen molar-refractivity contribution in [1.82, 2.24) is 5.32 Å². The van der Waals surface area contributed by atoms with E-state index in [9.17, 15) is 13.2 Å². The summed E-state index contributed by atoms with van der Waals surface area (Å²) < 4.78 is 39.0. The van der Waals surface area contributed by atoms with Crippen LogP contribution in [0.5, 0.6) is 11.5 Å². The molecule has 0 aromatic heterocycles. The summed E-state index contributed by atoms with van der Waals surface area (Å²) in [5, 5.41) is 2.87. The first-order chi connectivity index (χ1) is 15.6. The number of hydrogen-bond acceptors (Lipinski definition) is 5. The summed E-state index contributed by atoms with van der Waals surface area (Å²) in [6, 6.07) is 15.8. The van der Waals surface area contributed by atoms with Crippen molar-refractivity contribution < 1.29 is 22.7 Å². The third kappa shape index (κ3) is 5.77. The molecule has 0 bridgehead atoms. The lowest BCUT2D eigenvalue weighted by molar-refractivity contribution is 0.0939. The van der Waals surface area contributed by atoms with Crippen LogP contribution in [-0.4, -0.2) is 28.5 Å². The molecule has 0 saturated carbocycles. The van der Waals surface area contributed by atoms with Crippen LogP contribution < -0.4 is 19.5 Å². The number of methoxy groups -OCH3 is 2. The van der Waals surface area contributed by atoms with Crippen molar-refractivity contribution in [3.8, 4) is 11.5 Å². The van der Waals surface area contributed by atoms with Crippen LogP contribution in [0.4, 0.5) is 5.69 Å². The molecule has 1 atom stereocenters. The maximum absolute atomic E-state index is 12.9. The Morgan fingerprint density at radius 1 is 0.970 bits per heavy atom. The molecule has 0 fully saturated rings. The predicted molar refractivity (Wildman–Crippen MR) is 129 cm³/mol. The Bertz CT molecular complexity index is 1260. The lowest BCUT2D eigenvalue weighted by Gasteiger charge is -2.18. The van der Waals surface area contributed by atoms with E-state index >= 15 is 0 Å². The van der Waals surface area contributed by atoms with Gasteiger partial charge in [-0.25, -0.2) is 8.42 Å². The van der Waals surface area contributed by atoms with Crippen LogP contribution in [0.3, 0.4) is 0 Å². The van der Waals surface area contributed by atoms with Gasteiger partial charge in [0.25, 0.3) is 15.9 Å². The van der Waals surface area contributed by atoms with Crippen molar-refractivity contribution in [2.24, 2.45) is 0 Å². The first-order valence-electron chi connectivity index (χ1n) is 10.1. The molecule has 0 saturated heterocycles. The molecule has 0 aliphatic rings. The minimum atomic E-state index is -4.01. The van der Waals surface area contributed by atoms with Gasteiger partial charge in [0.1, 0.15) is 16.4 Å². The molecule has 0 radical (unpaired) electrons. The molecule has 9 heteroatoms. The standard InChI is InChI=1S/C24H25ClN2O5S/c1-15-5-8-18(9-6-15)27-33(29,30)23-13-17(7-11-21(23)25)24(28)26-16(2)20-14-19(31-3)10-12-22(20)32-4/h5-14,16,27H,1-4H3,(H,26,28). The maximum Gasteiger partial charge on any atom is 0.263 e. The highest BCUT2D eigenvalue weighted by Crippen LogP contribution is 2.30. The van der Waals surface area contributed by atoms with Crippen molar-refractivity contribution in [2.75, 3.05) is 18.9 Å². The molecule has 1 amide bonds. The van der Waals surface area contributed by atoms with E-state index in [-0.39, 0.29) is 15.5 Å². The Morgan fingerprint density at radius 3 is 2.30 bits per heavy atom. The molecule has 0 spiro atoms. The number of nitrogens with one attached hydrogen (secondary N) is 2. The van der Waals surface area contributed by atoms with Gasteiger partial charge in [-0.3, -0.25) is 9.52 Å². The van der Waals surface area contributed by atoms with Crippen LogP contribution >= 0.6 is 11.6 Å². The smallest absolute Gasteiger partial charge is 0.263 e. The Labute approximate surface area is 198 Å². The highest BCUT2D eigenvalue weighted by atomic mass is 35.5. The van der Waals surface area contributed by atoms with E-state index in [4.69, 9.17) is 21.1 Å². The largest absolute Gasteiger partial charge is 0.497 e. The van der Waals surface area contributed by atoms with Crippen molar-refractivity contribution in [3.63, 3.8) is 0 Å². The van der Waals surface area contributed by atoms with Gasteiger partial charge in [0.05, 0.1) is 25.3 Å². The molecule has 0 aliphatic carbocycles. The number of benzene rings is 3. The van der Waals surface area contributed by atoms with Crippen molar-refractivity contribution >= 4 is 33.2 Å². The van der Waals surface area contributed by atoms with Crippen molar-refractivity contribution in [1.29, 1.82) is 0 Å². The number of aryl methyl sites for hydroxylation is 1.